The van der Waals surface area contributed by atoms with Gasteiger partial charge in [0.1, 0.15) is 17.5 Å². The Hall–Kier alpha value is -3.03. The minimum Gasteiger partial charge on any atom is -0.352 e. The molecule has 1 aliphatic heterocycles. The highest BCUT2D eigenvalue weighted by Gasteiger charge is 2.25. The predicted octanol–water partition coefficient (Wildman–Crippen LogP) is 1.97. The molecular formula is C17H15F2N5O. The lowest BCUT2D eigenvalue weighted by Crippen LogP contribution is -2.49. The van der Waals surface area contributed by atoms with Gasteiger partial charge in [-0.15, -0.1) is 5.10 Å². The highest BCUT2D eigenvalue weighted by molar-refractivity contribution is 5.94. The molecule has 8 heteroatoms. The van der Waals surface area contributed by atoms with Gasteiger partial charge >= 0.3 is 0 Å². The maximum Gasteiger partial charge on any atom is 0.257 e. The molecule has 1 fully saturated rings. The van der Waals surface area contributed by atoms with Crippen molar-refractivity contribution < 1.29 is 13.6 Å². The summed E-state index contributed by atoms with van der Waals surface area (Å²) in [4.78, 5) is 20.2. The summed E-state index contributed by atoms with van der Waals surface area (Å²) in [6.45, 7) is 1.96. The molecule has 0 spiro atoms. The molecule has 4 rings (SSSR count). The molecule has 25 heavy (non-hydrogen) atoms. The van der Waals surface area contributed by atoms with Gasteiger partial charge in [-0.05, 0) is 30.3 Å². The summed E-state index contributed by atoms with van der Waals surface area (Å²) in [7, 11) is 0. The van der Waals surface area contributed by atoms with Crippen LogP contribution in [-0.2, 0) is 0 Å². The van der Waals surface area contributed by atoms with Crippen LogP contribution in [0.4, 0.5) is 14.6 Å². The Kier molecular flexibility index (Phi) is 3.79. The minimum atomic E-state index is -0.707. The summed E-state index contributed by atoms with van der Waals surface area (Å²) in [6, 6.07) is 6.68. The fraction of sp³-hybridized carbons (Fsp3) is 0.235. The number of halogens is 2. The van der Waals surface area contributed by atoms with Gasteiger partial charge in [0.2, 0.25) is 0 Å². The molecule has 1 saturated heterocycles. The summed E-state index contributed by atoms with van der Waals surface area (Å²) < 4.78 is 28.8. The first kappa shape index (κ1) is 15.5. The lowest BCUT2D eigenvalue weighted by Gasteiger charge is -2.35. The van der Waals surface area contributed by atoms with E-state index < -0.39 is 17.5 Å². The highest BCUT2D eigenvalue weighted by Crippen LogP contribution is 2.17. The number of anilines is 1. The number of fused-ring (bicyclic) bond motifs is 1. The average molecular weight is 343 g/mol. The molecule has 1 aromatic carbocycles. The van der Waals surface area contributed by atoms with Crippen molar-refractivity contribution in [2.75, 3.05) is 31.1 Å². The molecule has 0 atom stereocenters. The second-order valence-corrected chi connectivity index (χ2v) is 5.82. The van der Waals surface area contributed by atoms with Gasteiger partial charge in [0.25, 0.3) is 5.91 Å². The van der Waals surface area contributed by atoms with E-state index in [-0.39, 0.29) is 5.56 Å². The molecule has 1 amide bonds. The first-order valence-electron chi connectivity index (χ1n) is 7.91. The van der Waals surface area contributed by atoms with Crippen molar-refractivity contribution in [2.45, 2.75) is 0 Å². The van der Waals surface area contributed by atoms with Gasteiger partial charge in [-0.1, -0.05) is 0 Å². The molecule has 1 aliphatic rings. The van der Waals surface area contributed by atoms with Crippen LogP contribution in [0.25, 0.3) is 5.65 Å². The standard InChI is InChI=1S/C17H15F2N5O/c18-12-1-2-14(19)13(11-12)17(25)23-9-7-22(8-10-23)16-4-3-15-20-5-6-24(15)21-16/h1-6,11H,7-10H2. The number of benzene rings is 1. The van der Waals surface area contributed by atoms with E-state index in [4.69, 9.17) is 0 Å². The van der Waals surface area contributed by atoms with E-state index in [1.54, 1.807) is 16.9 Å². The van der Waals surface area contributed by atoms with E-state index in [1.165, 1.54) is 4.90 Å². The fourth-order valence-electron chi connectivity index (χ4n) is 2.94. The molecule has 0 radical (unpaired) electrons. The molecule has 0 saturated carbocycles. The lowest BCUT2D eigenvalue weighted by molar-refractivity contribution is 0.0741. The lowest BCUT2D eigenvalue weighted by atomic mass is 10.1. The number of piperazine rings is 1. The van der Waals surface area contributed by atoms with Crippen LogP contribution in [0.5, 0.6) is 0 Å². The summed E-state index contributed by atoms with van der Waals surface area (Å²) in [5.74, 6) is -1.04. The first-order chi connectivity index (χ1) is 12.1. The number of hydrogen-bond donors (Lipinski definition) is 0. The van der Waals surface area contributed by atoms with Gasteiger partial charge in [0.05, 0.1) is 5.56 Å². The van der Waals surface area contributed by atoms with E-state index in [1.807, 2.05) is 17.0 Å². The summed E-state index contributed by atoms with van der Waals surface area (Å²) in [6.07, 6.45) is 3.45. The Morgan fingerprint density at radius 3 is 2.64 bits per heavy atom. The third-order valence-electron chi connectivity index (χ3n) is 4.29. The van der Waals surface area contributed by atoms with Crippen molar-refractivity contribution in [1.29, 1.82) is 0 Å². The second-order valence-electron chi connectivity index (χ2n) is 5.82. The van der Waals surface area contributed by atoms with Crippen LogP contribution in [-0.4, -0.2) is 51.6 Å². The Bertz CT molecular complexity index is 934. The molecule has 0 unspecified atom stereocenters. The van der Waals surface area contributed by atoms with Gasteiger partial charge in [-0.25, -0.2) is 18.3 Å². The van der Waals surface area contributed by atoms with E-state index in [0.717, 1.165) is 29.7 Å². The van der Waals surface area contributed by atoms with E-state index in [9.17, 15) is 13.6 Å². The Balaban J connectivity index is 1.47. The van der Waals surface area contributed by atoms with Gasteiger partial charge in [0.15, 0.2) is 5.65 Å². The largest absolute Gasteiger partial charge is 0.352 e. The molecule has 0 N–H and O–H groups in total. The van der Waals surface area contributed by atoms with Gasteiger partial charge in [-0.2, -0.15) is 0 Å². The molecule has 2 aromatic heterocycles. The monoisotopic (exact) mass is 343 g/mol. The summed E-state index contributed by atoms with van der Waals surface area (Å²) >= 11 is 0. The van der Waals surface area contributed by atoms with E-state index >= 15 is 0 Å². The number of carbonyl (C=O) groups is 1. The fourth-order valence-corrected chi connectivity index (χ4v) is 2.94. The van der Waals surface area contributed by atoms with Crippen molar-refractivity contribution in [2.24, 2.45) is 0 Å². The molecular weight excluding hydrogens is 328 g/mol. The third kappa shape index (κ3) is 2.90. The van der Waals surface area contributed by atoms with E-state index in [2.05, 4.69) is 10.1 Å². The van der Waals surface area contributed by atoms with Crippen LogP contribution in [0, 0.1) is 11.6 Å². The van der Waals surface area contributed by atoms with Gasteiger partial charge < -0.3 is 9.80 Å². The average Bonchev–Trinajstić information content (AvgIpc) is 3.11. The number of amides is 1. The first-order valence-corrected chi connectivity index (χ1v) is 7.91. The Labute approximate surface area is 142 Å². The van der Waals surface area contributed by atoms with Crippen molar-refractivity contribution >= 4 is 17.4 Å². The van der Waals surface area contributed by atoms with Gasteiger partial charge in [0, 0.05) is 38.6 Å². The quantitative estimate of drug-likeness (QED) is 0.714. The van der Waals surface area contributed by atoms with Crippen LogP contribution in [0.2, 0.25) is 0 Å². The van der Waals surface area contributed by atoms with Crippen LogP contribution >= 0.6 is 0 Å². The van der Waals surface area contributed by atoms with Crippen molar-refractivity contribution in [1.82, 2.24) is 19.5 Å². The third-order valence-corrected chi connectivity index (χ3v) is 4.29. The highest BCUT2D eigenvalue weighted by atomic mass is 19.1. The SMILES string of the molecule is O=C(c1cc(F)ccc1F)N1CCN(c2ccc3nccn3n2)CC1. The van der Waals surface area contributed by atoms with Crippen LogP contribution in [0.3, 0.4) is 0 Å². The van der Waals surface area contributed by atoms with E-state index in [0.29, 0.717) is 26.2 Å². The minimum absolute atomic E-state index is 0.230. The number of rotatable bonds is 2. The smallest absolute Gasteiger partial charge is 0.257 e. The van der Waals surface area contributed by atoms with Crippen LogP contribution in [0.1, 0.15) is 10.4 Å². The summed E-state index contributed by atoms with van der Waals surface area (Å²) in [5, 5.41) is 4.48. The topological polar surface area (TPSA) is 53.7 Å². The maximum atomic E-state index is 13.8. The zero-order valence-electron chi connectivity index (χ0n) is 13.3. The van der Waals surface area contributed by atoms with Crippen molar-refractivity contribution in [3.05, 3.63) is 59.9 Å². The molecule has 0 bridgehead atoms. The number of imidazole rings is 1. The summed E-state index contributed by atoms with van der Waals surface area (Å²) in [5.41, 5.74) is 0.533. The number of nitrogens with zero attached hydrogens (tertiary/aromatic N) is 5. The second kappa shape index (κ2) is 6.12. The number of hydrogen-bond acceptors (Lipinski definition) is 4. The number of carbonyl (C=O) groups excluding carboxylic acids is 1. The molecule has 0 aliphatic carbocycles. The Morgan fingerprint density at radius 1 is 1.04 bits per heavy atom. The normalized spacial score (nSPS) is 15.0. The zero-order chi connectivity index (χ0) is 17.4. The zero-order valence-corrected chi connectivity index (χ0v) is 13.3. The van der Waals surface area contributed by atoms with Gasteiger partial charge in [-0.3, -0.25) is 4.79 Å². The maximum absolute atomic E-state index is 13.8. The van der Waals surface area contributed by atoms with Crippen molar-refractivity contribution in [3.63, 3.8) is 0 Å². The van der Waals surface area contributed by atoms with Crippen LogP contribution < -0.4 is 4.90 Å². The number of aromatic nitrogens is 3. The molecule has 3 heterocycles. The Morgan fingerprint density at radius 2 is 1.84 bits per heavy atom. The molecule has 3 aromatic rings. The molecule has 6 nitrogen and oxygen atoms in total. The predicted molar refractivity (Wildman–Crippen MR) is 87.5 cm³/mol. The molecule has 128 valence electrons. The van der Waals surface area contributed by atoms with Crippen molar-refractivity contribution in [3.8, 4) is 0 Å². The van der Waals surface area contributed by atoms with Crippen LogP contribution in [0.15, 0.2) is 42.7 Å².